The summed E-state index contributed by atoms with van der Waals surface area (Å²) in [5.41, 5.74) is 0. The Morgan fingerprint density at radius 2 is 1.14 bits per heavy atom. The Bertz CT molecular complexity index is 91.2. The fourth-order valence-electron chi connectivity index (χ4n) is 0. The van der Waals surface area contributed by atoms with Crippen LogP contribution in [0.3, 0.4) is 0 Å². The molecule has 0 spiro atoms. The van der Waals surface area contributed by atoms with E-state index < -0.39 is 16.7 Å². The predicted octanol–water partition coefficient (Wildman–Crippen LogP) is -2.12. The number of rotatable bonds is 0. The summed E-state index contributed by atoms with van der Waals surface area (Å²) < 4.78 is 32.1. The first kappa shape index (κ1) is 15.6. The summed E-state index contributed by atoms with van der Waals surface area (Å²) in [7, 11) is 0. The van der Waals surface area contributed by atoms with E-state index in [1.54, 1.807) is 0 Å². The third-order valence-corrected chi connectivity index (χ3v) is 0. The molecule has 0 aromatic heterocycles. The molecule has 0 aliphatic rings. The van der Waals surface area contributed by atoms with Gasteiger partial charge in [-0.1, -0.05) is 0 Å². The van der Waals surface area contributed by atoms with E-state index in [0.717, 1.165) is 0 Å². The van der Waals surface area contributed by atoms with Gasteiger partial charge in [-0.05, 0) is 0 Å². The second-order valence-corrected chi connectivity index (χ2v) is 3.67. The van der Waals surface area contributed by atoms with Crippen molar-refractivity contribution in [3.63, 3.8) is 0 Å². The van der Waals surface area contributed by atoms with Crippen molar-refractivity contribution in [1.82, 2.24) is 0 Å². The van der Waals surface area contributed by atoms with Crippen LogP contribution in [0.15, 0.2) is 0 Å². The average Bonchev–Trinajstić information content (AvgIpc) is 0.722. The Kier molecular flexibility index (Phi) is 10.6. The molecule has 0 aliphatic heterocycles. The molecule has 7 heavy (non-hydrogen) atoms. The molecule has 48 valence electrons. The van der Waals surface area contributed by atoms with Gasteiger partial charge in [-0.3, -0.25) is 0 Å². The Balaban J connectivity index is -0.0000000800. The summed E-state index contributed by atoms with van der Waals surface area (Å²) in [4.78, 5) is 0. The normalized spacial score (nSPS) is 8.29. The van der Waals surface area contributed by atoms with Crippen LogP contribution in [0, 0.1) is 0 Å². The van der Waals surface area contributed by atoms with Gasteiger partial charge in [0.15, 0.2) is 0 Å². The molecule has 0 rings (SSSR count). The van der Waals surface area contributed by atoms with Gasteiger partial charge in [0.2, 0.25) is 0 Å². The second kappa shape index (κ2) is 4.75. The van der Waals surface area contributed by atoms with Gasteiger partial charge in [-0.25, -0.2) is 0 Å². The van der Waals surface area contributed by atoms with Crippen molar-refractivity contribution in [2.75, 3.05) is 0 Å². The van der Waals surface area contributed by atoms with E-state index in [1.165, 1.54) is 0 Å². The summed E-state index contributed by atoms with van der Waals surface area (Å²) in [6.45, 7) is 0. The molecule has 0 amide bonds. The maximum atomic E-state index is 8.87. The summed E-state index contributed by atoms with van der Waals surface area (Å²) in [6, 6.07) is 0. The zero-order valence-corrected chi connectivity index (χ0v) is 7.67. The minimum absolute atomic E-state index is 0. The van der Waals surface area contributed by atoms with Crippen molar-refractivity contribution in [2.24, 2.45) is 0 Å². The molecule has 0 bridgehead atoms. The van der Waals surface area contributed by atoms with Gasteiger partial charge in [0, 0.05) is 0 Å². The van der Waals surface area contributed by atoms with E-state index in [2.05, 4.69) is 0 Å². The first-order valence-corrected chi connectivity index (χ1v) is 5.72. The van der Waals surface area contributed by atoms with Crippen LogP contribution in [-0.4, -0.2) is 13.0 Å². The van der Waals surface area contributed by atoms with E-state index in [4.69, 9.17) is 14.3 Å². The molecule has 0 saturated carbocycles. The van der Waals surface area contributed by atoms with Gasteiger partial charge < -0.3 is 5.48 Å². The molecule has 4 N–H and O–H groups in total. The van der Waals surface area contributed by atoms with Crippen molar-refractivity contribution in [1.29, 1.82) is 0 Å². The quantitative estimate of drug-likeness (QED) is 0.499. The first-order chi connectivity index (χ1) is 2.00. The third-order valence-electron chi connectivity index (χ3n) is 0. The average molecular weight is 302 g/mol. The van der Waals surface area contributed by atoms with E-state index in [9.17, 15) is 0 Å². The fourth-order valence-corrected chi connectivity index (χ4v) is 0. The van der Waals surface area contributed by atoms with Crippen LogP contribution in [0.4, 0.5) is 0 Å². The van der Waals surface area contributed by atoms with Gasteiger partial charge >= 0.3 is 31.1 Å². The third kappa shape index (κ3) is 390. The van der Waals surface area contributed by atoms with Crippen molar-refractivity contribution in [3.8, 4) is 0 Å². The molecule has 0 radical (unpaired) electrons. The van der Waals surface area contributed by atoms with Crippen LogP contribution < -0.4 is 0 Å². The molecule has 0 saturated heterocycles. The van der Waals surface area contributed by atoms with Crippen LogP contribution in [0.2, 0.25) is 0 Å². The second-order valence-electron chi connectivity index (χ2n) is 0.448. The summed E-state index contributed by atoms with van der Waals surface area (Å²) >= 11 is -5.67. The molecule has 0 aromatic rings. The van der Waals surface area contributed by atoms with Crippen LogP contribution in [0.25, 0.3) is 0 Å². The molecule has 5 nitrogen and oxygen atoms in total. The molecular weight excluding hydrogens is 295 g/mol. The van der Waals surface area contributed by atoms with E-state index in [0.29, 0.717) is 0 Å². The zero-order chi connectivity index (χ0) is 4.50. The van der Waals surface area contributed by atoms with Crippen molar-refractivity contribution >= 4 is 9.90 Å². The monoisotopic (exact) mass is 302 g/mol. The van der Waals surface area contributed by atoms with Gasteiger partial charge in [0.25, 0.3) is 0 Å². The van der Waals surface area contributed by atoms with E-state index in [1.807, 2.05) is 0 Å². The zero-order valence-electron chi connectivity index (χ0n) is 3.33. The van der Waals surface area contributed by atoms with E-state index >= 15 is 0 Å². The van der Waals surface area contributed by atoms with Gasteiger partial charge in [-0.2, -0.15) is 9.90 Å². The van der Waals surface area contributed by atoms with Crippen LogP contribution in [-0.2, 0) is 23.5 Å². The number of hydrogen-bond donors (Lipinski definition) is 2. The van der Waals surface area contributed by atoms with Gasteiger partial charge in [-0.15, -0.1) is 0 Å². The fraction of sp³-hybridized carbons (Fsp3) is 0. The molecule has 7 heteroatoms. The number of hydrogen-bond acceptors (Lipinski definition) is 2. The van der Waals surface area contributed by atoms with Crippen LogP contribution >= 0.6 is 9.90 Å². The van der Waals surface area contributed by atoms with Crippen molar-refractivity contribution < 1.29 is 36.5 Å². The van der Waals surface area contributed by atoms with Crippen molar-refractivity contribution in [2.45, 2.75) is 0 Å². The van der Waals surface area contributed by atoms with E-state index in [-0.39, 0.29) is 15.4 Å². The first-order valence-electron chi connectivity index (χ1n) is 0.698. The Hall–Kier alpha value is 0.598. The Labute approximate surface area is 47.0 Å². The predicted molar refractivity (Wildman–Crippen MR) is 20.5 cm³/mol. The standard InChI is InChI=1S/3H2O.2O.H3P.W/h3*1H2;;;1H3;/q;;;;;;+2/p-2. The molecular formula is H7O5PW. The minimum atomic E-state index is -5.67. The SMILES string of the molecule is O.P.[O]=[W](=[O])([OH])[OH]. The molecule has 0 heterocycles. The molecule has 0 aromatic carbocycles. The topological polar surface area (TPSA) is 106 Å². The molecule has 1 unspecified atom stereocenters. The molecule has 1 atom stereocenters. The summed E-state index contributed by atoms with van der Waals surface area (Å²) in [6.07, 6.45) is 0. The Morgan fingerprint density at radius 3 is 1.14 bits per heavy atom. The molecule has 0 fully saturated rings. The van der Waals surface area contributed by atoms with Crippen LogP contribution in [0.5, 0.6) is 0 Å². The Morgan fingerprint density at radius 1 is 1.14 bits per heavy atom. The molecule has 0 aliphatic carbocycles. The van der Waals surface area contributed by atoms with Crippen molar-refractivity contribution in [3.05, 3.63) is 0 Å². The van der Waals surface area contributed by atoms with Crippen LogP contribution in [0.1, 0.15) is 0 Å². The summed E-state index contributed by atoms with van der Waals surface area (Å²) in [5, 5.41) is 0. The summed E-state index contributed by atoms with van der Waals surface area (Å²) in [5.74, 6) is 0. The van der Waals surface area contributed by atoms with Gasteiger partial charge in [0.05, 0.1) is 0 Å². The maximum absolute atomic E-state index is 8.87. The van der Waals surface area contributed by atoms with Gasteiger partial charge in [0.1, 0.15) is 0 Å².